The van der Waals surface area contributed by atoms with E-state index < -0.39 is 5.25 Å². The van der Waals surface area contributed by atoms with E-state index in [-0.39, 0.29) is 17.8 Å². The zero-order valence-corrected chi connectivity index (χ0v) is 20.5. The molecule has 1 amide bonds. The minimum atomic E-state index is -0.459. The minimum absolute atomic E-state index is 0.0606. The molecule has 0 saturated carbocycles. The molecule has 9 heteroatoms. The molecule has 1 heterocycles. The highest BCUT2D eigenvalue weighted by Crippen LogP contribution is 2.28. The fourth-order valence-corrected chi connectivity index (χ4v) is 4.04. The van der Waals surface area contributed by atoms with Crippen molar-refractivity contribution in [3.63, 3.8) is 0 Å². The van der Waals surface area contributed by atoms with E-state index >= 15 is 0 Å². The SMILES string of the molecule is C=CCn1c(SC(C)C(=O)Nc2cccc(C(C)=O)c2)nnc1C(C)Oc1ccc(OC)cc1. The lowest BCUT2D eigenvalue weighted by Gasteiger charge is -2.17. The molecule has 1 aromatic heterocycles. The van der Waals surface area contributed by atoms with Crippen molar-refractivity contribution in [2.45, 2.75) is 43.8 Å². The van der Waals surface area contributed by atoms with Crippen molar-refractivity contribution < 1.29 is 19.1 Å². The first-order valence-corrected chi connectivity index (χ1v) is 11.6. The van der Waals surface area contributed by atoms with Crippen LogP contribution in [0, 0.1) is 0 Å². The maximum atomic E-state index is 12.8. The van der Waals surface area contributed by atoms with Gasteiger partial charge < -0.3 is 14.8 Å². The molecule has 0 spiro atoms. The summed E-state index contributed by atoms with van der Waals surface area (Å²) in [6.45, 7) is 9.46. The van der Waals surface area contributed by atoms with Gasteiger partial charge in [0, 0.05) is 17.8 Å². The number of aromatic nitrogens is 3. The molecule has 0 bridgehead atoms. The summed E-state index contributed by atoms with van der Waals surface area (Å²) in [5, 5.41) is 11.6. The molecule has 0 aliphatic rings. The van der Waals surface area contributed by atoms with Crippen molar-refractivity contribution in [1.29, 1.82) is 0 Å². The monoisotopic (exact) mass is 480 g/mol. The normalized spacial score (nSPS) is 12.5. The third-order valence-electron chi connectivity index (χ3n) is 4.98. The van der Waals surface area contributed by atoms with Gasteiger partial charge in [0.25, 0.3) is 0 Å². The van der Waals surface area contributed by atoms with Gasteiger partial charge in [0.2, 0.25) is 5.91 Å². The largest absolute Gasteiger partial charge is 0.497 e. The second kappa shape index (κ2) is 11.5. The number of carbonyl (C=O) groups excluding carboxylic acids is 2. The first-order valence-electron chi connectivity index (χ1n) is 10.8. The standard InChI is InChI=1S/C25H28N4O4S/c1-6-14-29-23(17(3)33-22-12-10-21(32-5)11-13-22)27-28-25(29)34-18(4)24(31)26-20-9-7-8-19(15-20)16(2)30/h6-13,15,17-18H,1,14H2,2-5H3,(H,26,31). The number of hydrogen-bond donors (Lipinski definition) is 1. The topological polar surface area (TPSA) is 95.3 Å². The predicted molar refractivity (Wildman–Crippen MR) is 133 cm³/mol. The van der Waals surface area contributed by atoms with E-state index in [9.17, 15) is 9.59 Å². The lowest BCUT2D eigenvalue weighted by molar-refractivity contribution is -0.115. The van der Waals surface area contributed by atoms with Crippen LogP contribution in [0.5, 0.6) is 11.5 Å². The van der Waals surface area contributed by atoms with Crippen molar-refractivity contribution in [2.24, 2.45) is 0 Å². The van der Waals surface area contributed by atoms with Gasteiger partial charge in [-0.15, -0.1) is 16.8 Å². The Balaban J connectivity index is 1.71. The number of ether oxygens (including phenoxy) is 2. The summed E-state index contributed by atoms with van der Waals surface area (Å²) < 4.78 is 13.1. The summed E-state index contributed by atoms with van der Waals surface area (Å²) >= 11 is 1.29. The summed E-state index contributed by atoms with van der Waals surface area (Å²) in [6, 6.07) is 14.2. The van der Waals surface area contributed by atoms with E-state index in [1.165, 1.54) is 18.7 Å². The van der Waals surface area contributed by atoms with Crippen LogP contribution in [-0.4, -0.2) is 38.8 Å². The van der Waals surface area contributed by atoms with Gasteiger partial charge in [0.05, 0.1) is 12.4 Å². The smallest absolute Gasteiger partial charge is 0.237 e. The zero-order valence-electron chi connectivity index (χ0n) is 19.6. The molecule has 0 saturated heterocycles. The second-order valence-electron chi connectivity index (χ2n) is 7.56. The van der Waals surface area contributed by atoms with Gasteiger partial charge in [-0.3, -0.25) is 14.2 Å². The Morgan fingerprint density at radius 1 is 1.15 bits per heavy atom. The second-order valence-corrected chi connectivity index (χ2v) is 8.87. The molecule has 0 aliphatic heterocycles. The molecule has 3 aromatic rings. The van der Waals surface area contributed by atoms with E-state index in [0.717, 1.165) is 5.75 Å². The number of allylic oxidation sites excluding steroid dienone is 1. The maximum absolute atomic E-state index is 12.8. The number of hydrogen-bond acceptors (Lipinski definition) is 7. The molecular weight excluding hydrogens is 452 g/mol. The number of carbonyl (C=O) groups is 2. The van der Waals surface area contributed by atoms with Crippen molar-refractivity contribution in [3.8, 4) is 11.5 Å². The number of amides is 1. The highest BCUT2D eigenvalue weighted by molar-refractivity contribution is 8.00. The highest BCUT2D eigenvalue weighted by Gasteiger charge is 2.23. The minimum Gasteiger partial charge on any atom is -0.497 e. The third-order valence-corrected chi connectivity index (χ3v) is 6.06. The van der Waals surface area contributed by atoms with E-state index in [2.05, 4.69) is 22.1 Å². The Kier molecular flexibility index (Phi) is 8.48. The fraction of sp³-hybridized carbons (Fsp3) is 0.280. The molecule has 0 radical (unpaired) electrons. The summed E-state index contributed by atoms with van der Waals surface area (Å²) in [6.07, 6.45) is 1.36. The molecule has 2 atom stereocenters. The molecule has 3 rings (SSSR count). The van der Waals surface area contributed by atoms with Crippen molar-refractivity contribution >= 4 is 29.1 Å². The van der Waals surface area contributed by atoms with Crippen LogP contribution in [0.4, 0.5) is 5.69 Å². The van der Waals surface area contributed by atoms with Crippen LogP contribution in [0.3, 0.4) is 0 Å². The summed E-state index contributed by atoms with van der Waals surface area (Å²) in [7, 11) is 1.61. The van der Waals surface area contributed by atoms with Gasteiger partial charge in [0.1, 0.15) is 11.5 Å². The van der Waals surface area contributed by atoms with Crippen molar-refractivity contribution in [1.82, 2.24) is 14.8 Å². The lowest BCUT2D eigenvalue weighted by Crippen LogP contribution is -2.23. The number of rotatable bonds is 11. The average Bonchev–Trinajstić information content (AvgIpc) is 3.22. The van der Waals surface area contributed by atoms with Crippen molar-refractivity contribution in [3.05, 3.63) is 72.6 Å². The van der Waals surface area contributed by atoms with Crippen LogP contribution in [-0.2, 0) is 11.3 Å². The van der Waals surface area contributed by atoms with E-state index in [4.69, 9.17) is 9.47 Å². The summed E-state index contributed by atoms with van der Waals surface area (Å²) in [5.41, 5.74) is 1.11. The fourth-order valence-electron chi connectivity index (χ4n) is 3.17. The molecule has 2 unspecified atom stereocenters. The average molecular weight is 481 g/mol. The number of methoxy groups -OCH3 is 1. The third kappa shape index (κ3) is 6.26. The number of ketones is 1. The molecule has 178 valence electrons. The van der Waals surface area contributed by atoms with Crippen LogP contribution >= 0.6 is 11.8 Å². The molecule has 0 aliphatic carbocycles. The summed E-state index contributed by atoms with van der Waals surface area (Å²) in [4.78, 5) is 24.4. The van der Waals surface area contributed by atoms with Gasteiger partial charge in [-0.1, -0.05) is 30.0 Å². The zero-order chi connectivity index (χ0) is 24.7. The Bertz CT molecular complexity index is 1160. The highest BCUT2D eigenvalue weighted by atomic mass is 32.2. The van der Waals surface area contributed by atoms with Crippen LogP contribution in [0.1, 0.15) is 43.1 Å². The van der Waals surface area contributed by atoms with Crippen LogP contribution in [0.15, 0.2) is 66.3 Å². The van der Waals surface area contributed by atoms with Crippen LogP contribution in [0.25, 0.3) is 0 Å². The van der Waals surface area contributed by atoms with E-state index in [1.54, 1.807) is 44.4 Å². The first-order chi connectivity index (χ1) is 16.3. The van der Waals surface area contributed by atoms with Gasteiger partial charge >= 0.3 is 0 Å². The van der Waals surface area contributed by atoms with Crippen LogP contribution < -0.4 is 14.8 Å². The molecule has 8 nitrogen and oxygen atoms in total. The number of anilines is 1. The molecule has 0 fully saturated rings. The quantitative estimate of drug-likeness (QED) is 0.236. The first kappa shape index (κ1) is 25.0. The van der Waals surface area contributed by atoms with E-state index in [0.29, 0.717) is 34.5 Å². The van der Waals surface area contributed by atoms with Gasteiger partial charge in [-0.2, -0.15) is 0 Å². The number of benzene rings is 2. The Morgan fingerprint density at radius 2 is 1.85 bits per heavy atom. The lowest BCUT2D eigenvalue weighted by atomic mass is 10.1. The molecule has 1 N–H and O–H groups in total. The van der Waals surface area contributed by atoms with Gasteiger partial charge in [0.15, 0.2) is 22.9 Å². The predicted octanol–water partition coefficient (Wildman–Crippen LogP) is 4.93. The van der Waals surface area contributed by atoms with Crippen molar-refractivity contribution in [2.75, 3.05) is 12.4 Å². The molecule has 2 aromatic carbocycles. The Labute approximate surface area is 203 Å². The van der Waals surface area contributed by atoms with Crippen LogP contribution in [0.2, 0.25) is 0 Å². The number of nitrogens with zero attached hydrogens (tertiary/aromatic N) is 3. The number of Topliss-reactive ketones (excluding diaryl/α,β-unsaturated/α-hetero) is 1. The van der Waals surface area contributed by atoms with Gasteiger partial charge in [-0.05, 0) is 57.2 Å². The molecular formula is C25H28N4O4S. The van der Waals surface area contributed by atoms with Gasteiger partial charge in [-0.25, -0.2) is 0 Å². The van der Waals surface area contributed by atoms with E-state index in [1.807, 2.05) is 35.8 Å². The number of thioether (sulfide) groups is 1. The summed E-state index contributed by atoms with van der Waals surface area (Å²) in [5.74, 6) is 1.78. The maximum Gasteiger partial charge on any atom is 0.237 e. The molecule has 34 heavy (non-hydrogen) atoms. The number of nitrogens with one attached hydrogen (secondary N) is 1. The Morgan fingerprint density at radius 3 is 2.50 bits per heavy atom. The Hall–Kier alpha value is -3.59.